The van der Waals surface area contributed by atoms with Gasteiger partial charge >= 0.3 is 6.18 Å². The van der Waals surface area contributed by atoms with Gasteiger partial charge in [0.1, 0.15) is 5.75 Å². The number of Topliss-reactive ketones (excluding diaryl/α,β-unsaturated/α-hetero) is 1. The Morgan fingerprint density at radius 1 is 1.00 bits per heavy atom. The van der Waals surface area contributed by atoms with Crippen molar-refractivity contribution < 1.29 is 37.0 Å². The molecule has 0 aliphatic heterocycles. The Balaban J connectivity index is 0. The molecule has 13 heteroatoms. The van der Waals surface area contributed by atoms with E-state index < -0.39 is 18.6 Å². The molecule has 0 spiro atoms. The number of nitrogens with zero attached hydrogens (tertiary/aromatic N) is 2. The molecule has 0 bridgehead atoms. The van der Waals surface area contributed by atoms with E-state index in [9.17, 15) is 22.8 Å². The minimum Gasteiger partial charge on any atom is -0.482 e. The summed E-state index contributed by atoms with van der Waals surface area (Å²) in [5, 5.41) is 0. The van der Waals surface area contributed by atoms with Crippen molar-refractivity contribution in [3.8, 4) is 5.75 Å². The first-order valence-corrected chi connectivity index (χ1v) is 17.4. The van der Waals surface area contributed by atoms with E-state index in [1.807, 2.05) is 131 Å². The molecule has 10 nitrogen and oxygen atoms in total. The van der Waals surface area contributed by atoms with Gasteiger partial charge in [-0.15, -0.1) is 0 Å². The van der Waals surface area contributed by atoms with E-state index in [-0.39, 0.29) is 29.7 Å². The molecular formula is C38H62F3N5O5. The van der Waals surface area contributed by atoms with Crippen LogP contribution in [0.25, 0.3) is 0 Å². The molecule has 0 aliphatic carbocycles. The minimum absolute atomic E-state index is 0.0812. The van der Waals surface area contributed by atoms with Crippen LogP contribution in [-0.2, 0) is 25.7 Å². The van der Waals surface area contributed by atoms with Crippen LogP contribution in [0.4, 0.5) is 13.2 Å². The third-order valence-electron chi connectivity index (χ3n) is 6.50. The predicted molar refractivity (Wildman–Crippen MR) is 199 cm³/mol. The molecule has 2 aromatic rings. The first-order chi connectivity index (χ1) is 23.8. The molecule has 0 radical (unpaired) electrons. The van der Waals surface area contributed by atoms with Crippen molar-refractivity contribution in [2.45, 2.75) is 121 Å². The molecule has 2 atom stereocenters. The van der Waals surface area contributed by atoms with Gasteiger partial charge in [-0.05, 0) is 75.8 Å². The Hall–Kier alpha value is -3.81. The number of nitrogens with two attached hydrogens (primary N) is 1. The highest BCUT2D eigenvalue weighted by Gasteiger charge is 2.25. The smallest absolute Gasteiger partial charge is 0.446 e. The lowest BCUT2D eigenvalue weighted by Crippen LogP contribution is -2.47. The van der Waals surface area contributed by atoms with Gasteiger partial charge in [0.25, 0.3) is 0 Å². The Labute approximate surface area is 303 Å². The molecular weight excluding hydrogens is 663 g/mol. The highest BCUT2D eigenvalue weighted by Crippen LogP contribution is 2.28. The van der Waals surface area contributed by atoms with Gasteiger partial charge < -0.3 is 9.47 Å². The maximum Gasteiger partial charge on any atom is 0.446 e. The summed E-state index contributed by atoms with van der Waals surface area (Å²) in [6.45, 7) is 27.5. The SMILES string of the molecule is CC.CC.CCOC(=NC(C)CN(CC(=O)NNN)Cc1cc(C)c(OC(C)C(=O)CC(C)(C)C)c(C)c1)c1cccc(C)c1.O=CC(F)(F)F. The van der Waals surface area contributed by atoms with E-state index in [1.165, 1.54) is 0 Å². The van der Waals surface area contributed by atoms with Gasteiger partial charge in [-0.25, -0.2) is 4.99 Å². The highest BCUT2D eigenvalue weighted by atomic mass is 19.4. The van der Waals surface area contributed by atoms with Crippen LogP contribution in [0.2, 0.25) is 0 Å². The molecule has 0 saturated heterocycles. The fourth-order valence-corrected chi connectivity index (χ4v) is 4.72. The number of ketones is 1. The lowest BCUT2D eigenvalue weighted by molar-refractivity contribution is -0.156. The quantitative estimate of drug-likeness (QED) is 0.0605. The van der Waals surface area contributed by atoms with Crippen LogP contribution < -0.4 is 21.5 Å². The van der Waals surface area contributed by atoms with Gasteiger partial charge in [-0.2, -0.15) is 18.7 Å². The summed E-state index contributed by atoms with van der Waals surface area (Å²) in [6, 6.07) is 12.0. The normalized spacial score (nSPS) is 12.5. The zero-order chi connectivity index (χ0) is 39.9. The van der Waals surface area contributed by atoms with Crippen LogP contribution in [-0.4, -0.2) is 66.8 Å². The van der Waals surface area contributed by atoms with E-state index in [4.69, 9.17) is 25.1 Å². The zero-order valence-corrected chi connectivity index (χ0v) is 32.9. The molecule has 1 amide bonds. The summed E-state index contributed by atoms with van der Waals surface area (Å²) < 4.78 is 43.3. The van der Waals surface area contributed by atoms with Crippen LogP contribution >= 0.6 is 0 Å². The monoisotopic (exact) mass is 725 g/mol. The van der Waals surface area contributed by atoms with Gasteiger partial charge in [-0.3, -0.25) is 30.6 Å². The number of benzene rings is 2. The van der Waals surface area contributed by atoms with E-state index in [0.717, 1.165) is 33.6 Å². The van der Waals surface area contributed by atoms with Crippen molar-refractivity contribution in [1.29, 1.82) is 0 Å². The number of aliphatic imine (C=N–C) groups is 1. The van der Waals surface area contributed by atoms with Crippen molar-refractivity contribution in [1.82, 2.24) is 15.9 Å². The van der Waals surface area contributed by atoms with Crippen LogP contribution in [0.5, 0.6) is 5.75 Å². The average molecular weight is 726 g/mol. The molecule has 51 heavy (non-hydrogen) atoms. The summed E-state index contributed by atoms with van der Waals surface area (Å²) in [5.41, 5.74) is 9.51. The zero-order valence-electron chi connectivity index (χ0n) is 32.9. The largest absolute Gasteiger partial charge is 0.482 e. The van der Waals surface area contributed by atoms with Crippen molar-refractivity contribution >= 4 is 23.9 Å². The topological polar surface area (TPSA) is 135 Å². The van der Waals surface area contributed by atoms with E-state index in [0.29, 0.717) is 32.0 Å². The number of ether oxygens (including phenoxy) is 2. The van der Waals surface area contributed by atoms with E-state index in [2.05, 4.69) is 11.0 Å². The summed E-state index contributed by atoms with van der Waals surface area (Å²) in [7, 11) is 0. The first-order valence-electron chi connectivity index (χ1n) is 17.4. The number of nitrogens with one attached hydrogen (secondary N) is 2. The molecule has 0 fully saturated rings. The number of aldehydes is 1. The van der Waals surface area contributed by atoms with Crippen LogP contribution in [0.15, 0.2) is 41.4 Å². The highest BCUT2D eigenvalue weighted by molar-refractivity contribution is 5.94. The number of rotatable bonds is 14. The van der Waals surface area contributed by atoms with Gasteiger partial charge in [0.15, 0.2) is 11.9 Å². The molecule has 2 aromatic carbocycles. The molecule has 4 N–H and O–H groups in total. The number of hydrazine groups is 2. The molecule has 0 aromatic heterocycles. The molecule has 0 saturated carbocycles. The second kappa shape index (κ2) is 25.2. The molecule has 0 aliphatic rings. The Morgan fingerprint density at radius 3 is 2.00 bits per heavy atom. The molecule has 2 rings (SSSR count). The number of carbonyl (C=O) groups excluding carboxylic acids is 3. The number of carbonyl (C=O) groups is 3. The average Bonchev–Trinajstić information content (AvgIpc) is 3.03. The number of halogens is 3. The first kappa shape index (κ1) is 49.3. The molecule has 290 valence electrons. The third-order valence-corrected chi connectivity index (χ3v) is 6.50. The number of alkyl halides is 3. The summed E-state index contributed by atoms with van der Waals surface area (Å²) in [4.78, 5) is 40.7. The summed E-state index contributed by atoms with van der Waals surface area (Å²) >= 11 is 0. The van der Waals surface area contributed by atoms with Gasteiger partial charge in [0.2, 0.25) is 18.1 Å². The van der Waals surface area contributed by atoms with Gasteiger partial charge in [0.05, 0.1) is 19.2 Å². The van der Waals surface area contributed by atoms with E-state index in [1.54, 1.807) is 0 Å². The second-order valence-corrected chi connectivity index (χ2v) is 12.6. The number of hydrogen-bond donors (Lipinski definition) is 3. The Morgan fingerprint density at radius 2 is 1.55 bits per heavy atom. The summed E-state index contributed by atoms with van der Waals surface area (Å²) in [5.74, 6) is 6.44. The molecule has 2 unspecified atom stereocenters. The van der Waals surface area contributed by atoms with Crippen molar-refractivity contribution in [3.63, 3.8) is 0 Å². The number of hydrogen-bond acceptors (Lipinski definition) is 9. The van der Waals surface area contributed by atoms with Crippen LogP contribution in [0.1, 0.15) is 103 Å². The van der Waals surface area contributed by atoms with Crippen molar-refractivity contribution in [2.24, 2.45) is 16.3 Å². The maximum atomic E-state index is 12.7. The molecule has 0 heterocycles. The minimum atomic E-state index is -4.64. The van der Waals surface area contributed by atoms with E-state index >= 15 is 0 Å². The maximum absolute atomic E-state index is 12.7. The second-order valence-electron chi connectivity index (χ2n) is 12.6. The number of amides is 1. The van der Waals surface area contributed by atoms with Crippen molar-refractivity contribution in [3.05, 3.63) is 64.2 Å². The van der Waals surface area contributed by atoms with Crippen molar-refractivity contribution in [2.75, 3.05) is 19.7 Å². The number of aryl methyl sites for hydroxylation is 3. The lowest BCUT2D eigenvalue weighted by Gasteiger charge is -2.25. The van der Waals surface area contributed by atoms with Gasteiger partial charge in [0, 0.05) is 25.1 Å². The lowest BCUT2D eigenvalue weighted by atomic mass is 9.88. The van der Waals surface area contributed by atoms with Crippen LogP contribution in [0, 0.1) is 26.2 Å². The Bertz CT molecular complexity index is 1340. The van der Waals surface area contributed by atoms with Crippen LogP contribution in [0.3, 0.4) is 0 Å². The standard InChI is InChI=1S/C32H49N5O4.C2HF3O.2C2H6/c1-10-40-31(27-13-11-12-21(2)14-27)34-24(5)18-37(20-29(39)35-36-33)19-26-15-22(3)30(23(4)16-26)41-25(6)28(38)17-32(7,8)9;3-2(4,5)1-6;2*1-2/h11-16,24-25,36H,10,17-20,33H2,1-9H3,(H,35,39);1H;2*1-2H3. The summed E-state index contributed by atoms with van der Waals surface area (Å²) in [6.07, 6.45) is -5.78. The Kier molecular flexibility index (Phi) is 24.4. The fourth-order valence-electron chi connectivity index (χ4n) is 4.72. The third kappa shape index (κ3) is 21.9. The van der Waals surface area contributed by atoms with Gasteiger partial charge in [-0.1, -0.05) is 78.3 Å². The predicted octanol–water partition coefficient (Wildman–Crippen LogP) is 7.35. The fraction of sp³-hybridized carbons (Fsp3) is 0.579.